The van der Waals surface area contributed by atoms with E-state index in [1.165, 1.54) is 12.0 Å². The van der Waals surface area contributed by atoms with Gasteiger partial charge >= 0.3 is 0 Å². The lowest BCUT2D eigenvalue weighted by atomic mass is 9.91. The average molecular weight is 505 g/mol. The topological polar surface area (TPSA) is 124 Å². The van der Waals surface area contributed by atoms with Crippen LogP contribution in [0.2, 0.25) is 0 Å². The molecule has 1 aromatic carbocycles. The van der Waals surface area contributed by atoms with Crippen LogP contribution in [-0.2, 0) is 9.59 Å². The number of aliphatic hydroxyl groups is 1. The molecule has 3 aliphatic rings. The Kier molecular flexibility index (Phi) is 6.14. The Bertz CT molecular complexity index is 1200. The van der Waals surface area contributed by atoms with Crippen molar-refractivity contribution in [2.24, 2.45) is 11.3 Å². The van der Waals surface area contributed by atoms with E-state index in [0.29, 0.717) is 29.6 Å². The molecule has 2 aliphatic heterocycles. The standard InChI is InChI=1S/C25H30F2N4O5/c1-36-20-6-2-5-17-16(20)9-18(30-17)23(35)31-13-24(12-25(24,26)27)10-19(31)22(34)29-15(11-32)8-14-4-3-7-28-21(14)33/h2,5-6,9,14-15,19,30,32H,3-4,7-8,10-13H2,1H3,(H,28,33)(H,29,34)/t14-,15-,19-,24-/m0/s1. The molecule has 3 heterocycles. The molecule has 0 radical (unpaired) electrons. The molecule has 0 bridgehead atoms. The largest absolute Gasteiger partial charge is 0.496 e. The number of carbonyl (C=O) groups excluding carboxylic acids is 3. The van der Waals surface area contributed by atoms with Crippen LogP contribution in [0.15, 0.2) is 24.3 Å². The third-order valence-corrected chi connectivity index (χ3v) is 7.82. The first-order chi connectivity index (χ1) is 17.2. The number of ether oxygens (including phenoxy) is 1. The number of nitrogens with one attached hydrogen (secondary N) is 3. The predicted molar refractivity (Wildman–Crippen MR) is 126 cm³/mol. The summed E-state index contributed by atoms with van der Waals surface area (Å²) in [6.45, 7) is -0.0436. The first-order valence-corrected chi connectivity index (χ1v) is 12.2. The van der Waals surface area contributed by atoms with Crippen LogP contribution in [0, 0.1) is 11.3 Å². The number of likely N-dealkylation sites (tertiary alicyclic amines) is 1. The highest BCUT2D eigenvalue weighted by molar-refractivity contribution is 6.02. The number of hydrogen-bond donors (Lipinski definition) is 4. The molecule has 1 spiro atoms. The maximum absolute atomic E-state index is 14.3. The van der Waals surface area contributed by atoms with Crippen molar-refractivity contribution in [3.8, 4) is 5.75 Å². The van der Waals surface area contributed by atoms with Gasteiger partial charge in [-0.05, 0) is 43.9 Å². The van der Waals surface area contributed by atoms with Crippen molar-refractivity contribution >= 4 is 28.6 Å². The molecule has 2 saturated heterocycles. The van der Waals surface area contributed by atoms with Gasteiger partial charge in [0.15, 0.2) is 0 Å². The smallest absolute Gasteiger partial charge is 0.271 e. The molecule has 5 rings (SSSR count). The molecule has 4 N–H and O–H groups in total. The Labute approximate surface area is 206 Å². The number of aliphatic hydroxyl groups excluding tert-OH is 1. The molecule has 4 atom stereocenters. The van der Waals surface area contributed by atoms with Gasteiger partial charge in [-0.15, -0.1) is 0 Å². The third-order valence-electron chi connectivity index (χ3n) is 7.82. The number of piperidine rings is 1. The van der Waals surface area contributed by atoms with E-state index in [0.717, 1.165) is 6.42 Å². The monoisotopic (exact) mass is 504 g/mol. The summed E-state index contributed by atoms with van der Waals surface area (Å²) in [5.74, 6) is -4.02. The quantitative estimate of drug-likeness (QED) is 0.458. The van der Waals surface area contributed by atoms with Gasteiger partial charge in [0, 0.05) is 36.3 Å². The molecule has 2 aromatic rings. The van der Waals surface area contributed by atoms with Gasteiger partial charge < -0.3 is 30.4 Å². The fourth-order valence-electron chi connectivity index (χ4n) is 5.66. The number of hydrogen-bond acceptors (Lipinski definition) is 5. The zero-order chi connectivity index (χ0) is 25.7. The van der Waals surface area contributed by atoms with Crippen LogP contribution in [0.4, 0.5) is 8.78 Å². The SMILES string of the molecule is COc1cccc2[nH]c(C(=O)N3C[C@]4(C[C@H]3C(=O)N[C@H](CO)C[C@@H]3CCCNC3=O)CC4(F)F)cc12. The average Bonchev–Trinajstić information content (AvgIpc) is 3.20. The number of carbonyl (C=O) groups is 3. The van der Waals surface area contributed by atoms with Crippen LogP contribution in [0.25, 0.3) is 10.9 Å². The van der Waals surface area contributed by atoms with Crippen molar-refractivity contribution in [1.82, 2.24) is 20.5 Å². The second-order valence-corrected chi connectivity index (χ2v) is 10.2. The number of benzene rings is 1. The Morgan fingerprint density at radius 3 is 2.81 bits per heavy atom. The lowest BCUT2D eigenvalue weighted by Crippen LogP contribution is -2.51. The number of H-pyrrole nitrogens is 1. The van der Waals surface area contributed by atoms with E-state index < -0.39 is 41.8 Å². The van der Waals surface area contributed by atoms with Crippen molar-refractivity contribution in [3.63, 3.8) is 0 Å². The van der Waals surface area contributed by atoms with Crippen molar-refractivity contribution in [2.45, 2.75) is 50.1 Å². The third kappa shape index (κ3) is 4.19. The van der Waals surface area contributed by atoms with Gasteiger partial charge in [-0.1, -0.05) is 6.07 Å². The molecule has 1 aliphatic carbocycles. The van der Waals surface area contributed by atoms with Gasteiger partial charge in [0.05, 0.1) is 25.2 Å². The van der Waals surface area contributed by atoms with Crippen molar-refractivity contribution in [2.75, 3.05) is 26.8 Å². The molecule has 1 aromatic heterocycles. The van der Waals surface area contributed by atoms with E-state index in [2.05, 4.69) is 15.6 Å². The van der Waals surface area contributed by atoms with Gasteiger partial charge in [0.25, 0.3) is 11.8 Å². The van der Waals surface area contributed by atoms with E-state index in [1.807, 2.05) is 0 Å². The number of fused-ring (bicyclic) bond motifs is 1. The number of rotatable bonds is 7. The molecular formula is C25H30F2N4O5. The van der Waals surface area contributed by atoms with E-state index >= 15 is 0 Å². The summed E-state index contributed by atoms with van der Waals surface area (Å²) in [7, 11) is 1.51. The molecule has 1 saturated carbocycles. The summed E-state index contributed by atoms with van der Waals surface area (Å²) in [5.41, 5.74) is -0.604. The van der Waals surface area contributed by atoms with E-state index in [9.17, 15) is 28.3 Å². The number of halogens is 2. The highest BCUT2D eigenvalue weighted by atomic mass is 19.3. The van der Waals surface area contributed by atoms with Crippen LogP contribution >= 0.6 is 0 Å². The number of nitrogens with zero attached hydrogens (tertiary/aromatic N) is 1. The van der Waals surface area contributed by atoms with Crippen LogP contribution in [0.5, 0.6) is 5.75 Å². The van der Waals surface area contributed by atoms with Gasteiger partial charge in [-0.25, -0.2) is 8.78 Å². The normalized spacial score (nSPS) is 27.7. The molecule has 3 fully saturated rings. The summed E-state index contributed by atoms with van der Waals surface area (Å²) >= 11 is 0. The summed E-state index contributed by atoms with van der Waals surface area (Å²) in [5, 5.41) is 16.0. The lowest BCUT2D eigenvalue weighted by molar-refractivity contribution is -0.129. The Balaban J connectivity index is 1.36. The summed E-state index contributed by atoms with van der Waals surface area (Å²) in [4.78, 5) is 43.1. The maximum Gasteiger partial charge on any atom is 0.271 e. The lowest BCUT2D eigenvalue weighted by Gasteiger charge is -2.28. The Morgan fingerprint density at radius 2 is 2.14 bits per heavy atom. The Hall–Kier alpha value is -3.21. The van der Waals surface area contributed by atoms with E-state index in [-0.39, 0.29) is 43.3 Å². The number of aromatic nitrogens is 1. The molecular weight excluding hydrogens is 474 g/mol. The number of alkyl halides is 2. The predicted octanol–water partition coefficient (Wildman–Crippen LogP) is 1.81. The van der Waals surface area contributed by atoms with E-state index in [4.69, 9.17) is 4.74 Å². The summed E-state index contributed by atoms with van der Waals surface area (Å²) in [6, 6.07) is 5.04. The van der Waals surface area contributed by atoms with Gasteiger partial charge in [-0.3, -0.25) is 14.4 Å². The van der Waals surface area contributed by atoms with E-state index in [1.54, 1.807) is 24.3 Å². The first-order valence-electron chi connectivity index (χ1n) is 12.2. The molecule has 194 valence electrons. The van der Waals surface area contributed by atoms with Crippen molar-refractivity contribution < 1.29 is 33.0 Å². The molecule has 9 nitrogen and oxygen atoms in total. The first kappa shape index (κ1) is 24.5. The minimum atomic E-state index is -2.94. The molecule has 3 amide bonds. The van der Waals surface area contributed by atoms with Crippen molar-refractivity contribution in [1.29, 1.82) is 0 Å². The van der Waals surface area contributed by atoms with Crippen LogP contribution in [-0.4, -0.2) is 77.5 Å². The van der Waals surface area contributed by atoms with Crippen LogP contribution in [0.3, 0.4) is 0 Å². The van der Waals surface area contributed by atoms with Crippen LogP contribution in [0.1, 0.15) is 42.6 Å². The van der Waals surface area contributed by atoms with Crippen molar-refractivity contribution in [3.05, 3.63) is 30.0 Å². The second kappa shape index (κ2) is 9.02. The molecule has 11 heteroatoms. The maximum atomic E-state index is 14.3. The summed E-state index contributed by atoms with van der Waals surface area (Å²) < 4.78 is 34.0. The Morgan fingerprint density at radius 1 is 1.36 bits per heavy atom. The van der Waals surface area contributed by atoms with Gasteiger partial charge in [0.2, 0.25) is 11.8 Å². The number of amides is 3. The fraction of sp³-hybridized carbons (Fsp3) is 0.560. The second-order valence-electron chi connectivity index (χ2n) is 10.2. The minimum Gasteiger partial charge on any atom is -0.496 e. The number of aromatic amines is 1. The van der Waals surface area contributed by atoms with Gasteiger partial charge in [0.1, 0.15) is 17.5 Å². The zero-order valence-corrected chi connectivity index (χ0v) is 20.0. The highest BCUT2D eigenvalue weighted by Crippen LogP contribution is 2.66. The molecule has 0 unspecified atom stereocenters. The highest BCUT2D eigenvalue weighted by Gasteiger charge is 2.75. The number of methoxy groups -OCH3 is 1. The van der Waals surface area contributed by atoms with Gasteiger partial charge in [-0.2, -0.15) is 0 Å². The molecule has 36 heavy (non-hydrogen) atoms. The fourth-order valence-corrected chi connectivity index (χ4v) is 5.66. The summed E-state index contributed by atoms with van der Waals surface area (Å²) in [6.07, 6.45) is 1.15. The van der Waals surface area contributed by atoms with Crippen LogP contribution < -0.4 is 15.4 Å². The zero-order valence-electron chi connectivity index (χ0n) is 20.0. The minimum absolute atomic E-state index is 0.127.